The lowest BCUT2D eigenvalue weighted by atomic mass is 10.0. The molecule has 0 saturated heterocycles. The zero-order chi connectivity index (χ0) is 31.7. The maximum atomic E-state index is 14.4. The van der Waals surface area contributed by atoms with Crippen LogP contribution in [0.15, 0.2) is 114 Å². The zero-order valence-electron chi connectivity index (χ0n) is 24.6. The van der Waals surface area contributed by atoms with Crippen LogP contribution in [0.1, 0.15) is 31.4 Å². The van der Waals surface area contributed by atoms with Gasteiger partial charge in [-0.15, -0.1) is 0 Å². The molecule has 0 aromatic heterocycles. The molecule has 0 heterocycles. The molecule has 0 bridgehead atoms. The molecule has 2 atom stereocenters. The summed E-state index contributed by atoms with van der Waals surface area (Å²) < 4.78 is 29.1. The van der Waals surface area contributed by atoms with Gasteiger partial charge in [0.25, 0.3) is 10.0 Å². The van der Waals surface area contributed by atoms with E-state index in [0.29, 0.717) is 11.4 Å². The highest BCUT2D eigenvalue weighted by atomic mass is 35.5. The average Bonchev–Trinajstić information content (AvgIpc) is 3.03. The topological polar surface area (TPSA) is 86.8 Å². The van der Waals surface area contributed by atoms with Gasteiger partial charge in [0.15, 0.2) is 0 Å². The SMILES string of the molecule is CCC(C)NC(=O)C(Cc1ccccc1)N(Cc1ccccc1)C(=O)CN(c1ccc(Cl)cc1Cl)S(=O)(=O)c1ccccc1. The number of anilines is 1. The van der Waals surface area contributed by atoms with Crippen molar-refractivity contribution >= 4 is 50.7 Å². The minimum absolute atomic E-state index is 0.0104. The van der Waals surface area contributed by atoms with Crippen molar-refractivity contribution in [3.63, 3.8) is 0 Å². The second kappa shape index (κ2) is 15.2. The van der Waals surface area contributed by atoms with Crippen LogP contribution < -0.4 is 9.62 Å². The quantitative estimate of drug-likeness (QED) is 0.173. The van der Waals surface area contributed by atoms with Crippen molar-refractivity contribution in [2.75, 3.05) is 10.8 Å². The minimum atomic E-state index is -4.26. The van der Waals surface area contributed by atoms with Crippen LogP contribution in [0.2, 0.25) is 10.0 Å². The van der Waals surface area contributed by atoms with E-state index in [1.165, 1.54) is 35.2 Å². The van der Waals surface area contributed by atoms with E-state index in [-0.39, 0.29) is 40.5 Å². The molecule has 2 amide bonds. The van der Waals surface area contributed by atoms with E-state index in [4.69, 9.17) is 23.2 Å². The Morgan fingerprint density at radius 3 is 1.95 bits per heavy atom. The lowest BCUT2D eigenvalue weighted by Crippen LogP contribution is -2.54. The monoisotopic (exact) mass is 651 g/mol. The Morgan fingerprint density at radius 1 is 0.818 bits per heavy atom. The predicted octanol–water partition coefficient (Wildman–Crippen LogP) is 6.74. The van der Waals surface area contributed by atoms with Gasteiger partial charge in [-0.25, -0.2) is 8.42 Å². The molecule has 0 aliphatic heterocycles. The third-order valence-electron chi connectivity index (χ3n) is 7.26. The Kier molecular flexibility index (Phi) is 11.4. The number of nitrogens with zero attached hydrogens (tertiary/aromatic N) is 2. The number of benzene rings is 4. The Balaban J connectivity index is 1.81. The highest BCUT2D eigenvalue weighted by molar-refractivity contribution is 7.92. The van der Waals surface area contributed by atoms with Crippen LogP contribution in [0.4, 0.5) is 5.69 Å². The first-order valence-corrected chi connectivity index (χ1v) is 16.5. The highest BCUT2D eigenvalue weighted by Crippen LogP contribution is 2.33. The Bertz CT molecular complexity index is 1660. The van der Waals surface area contributed by atoms with Crippen molar-refractivity contribution in [3.8, 4) is 0 Å². The average molecular weight is 653 g/mol. The van der Waals surface area contributed by atoms with E-state index in [1.807, 2.05) is 74.5 Å². The van der Waals surface area contributed by atoms with Crippen molar-refractivity contribution in [2.24, 2.45) is 0 Å². The molecule has 10 heteroatoms. The van der Waals surface area contributed by atoms with E-state index in [1.54, 1.807) is 18.2 Å². The molecule has 0 aliphatic carbocycles. The first kappa shape index (κ1) is 33.1. The summed E-state index contributed by atoms with van der Waals surface area (Å²) in [4.78, 5) is 29.7. The molecule has 0 aliphatic rings. The van der Waals surface area contributed by atoms with Gasteiger partial charge in [0.2, 0.25) is 11.8 Å². The van der Waals surface area contributed by atoms with Crippen molar-refractivity contribution in [2.45, 2.75) is 50.2 Å². The maximum Gasteiger partial charge on any atom is 0.264 e. The number of hydrogen-bond acceptors (Lipinski definition) is 4. The van der Waals surface area contributed by atoms with Crippen molar-refractivity contribution < 1.29 is 18.0 Å². The Hall–Kier alpha value is -3.85. The van der Waals surface area contributed by atoms with Gasteiger partial charge in [-0.05, 0) is 54.8 Å². The second-order valence-corrected chi connectivity index (χ2v) is 13.2. The van der Waals surface area contributed by atoms with Crippen molar-refractivity contribution in [3.05, 3.63) is 130 Å². The number of sulfonamides is 1. The summed E-state index contributed by atoms with van der Waals surface area (Å²) in [6.45, 7) is 3.34. The molecule has 7 nitrogen and oxygen atoms in total. The lowest BCUT2D eigenvalue weighted by molar-refractivity contribution is -0.140. The fourth-order valence-corrected chi connectivity index (χ4v) is 6.71. The van der Waals surface area contributed by atoms with Crippen LogP contribution in [0.3, 0.4) is 0 Å². The molecule has 4 aromatic rings. The number of rotatable bonds is 13. The van der Waals surface area contributed by atoms with Gasteiger partial charge in [0, 0.05) is 24.0 Å². The molecule has 230 valence electrons. The smallest absolute Gasteiger partial charge is 0.264 e. The molecule has 0 saturated carbocycles. The molecular weight excluding hydrogens is 617 g/mol. The van der Waals surface area contributed by atoms with E-state index >= 15 is 0 Å². The number of hydrogen-bond donors (Lipinski definition) is 1. The van der Waals surface area contributed by atoms with Gasteiger partial charge >= 0.3 is 0 Å². The molecule has 4 aromatic carbocycles. The van der Waals surface area contributed by atoms with Gasteiger partial charge in [-0.3, -0.25) is 13.9 Å². The molecule has 0 spiro atoms. The third kappa shape index (κ3) is 8.40. The highest BCUT2D eigenvalue weighted by Gasteiger charge is 2.35. The van der Waals surface area contributed by atoms with E-state index < -0.39 is 28.5 Å². The summed E-state index contributed by atoms with van der Waals surface area (Å²) in [6.07, 6.45) is 0.934. The van der Waals surface area contributed by atoms with Crippen LogP contribution >= 0.6 is 23.2 Å². The maximum absolute atomic E-state index is 14.4. The number of nitrogens with one attached hydrogen (secondary N) is 1. The molecule has 44 heavy (non-hydrogen) atoms. The minimum Gasteiger partial charge on any atom is -0.352 e. The molecule has 0 fully saturated rings. The van der Waals surface area contributed by atoms with E-state index in [2.05, 4.69) is 5.32 Å². The van der Waals surface area contributed by atoms with Crippen molar-refractivity contribution in [1.82, 2.24) is 10.2 Å². The number of carbonyl (C=O) groups is 2. The molecular formula is C34H35Cl2N3O4S. The summed E-state index contributed by atoms with van der Waals surface area (Å²) in [7, 11) is -4.26. The Morgan fingerprint density at radius 2 is 1.39 bits per heavy atom. The van der Waals surface area contributed by atoms with Gasteiger partial charge in [0.05, 0.1) is 15.6 Å². The normalized spacial score (nSPS) is 12.6. The van der Waals surface area contributed by atoms with Gasteiger partial charge in [0.1, 0.15) is 12.6 Å². The lowest BCUT2D eigenvalue weighted by Gasteiger charge is -2.34. The van der Waals surface area contributed by atoms with Crippen LogP contribution in [0, 0.1) is 0 Å². The summed E-state index contributed by atoms with van der Waals surface area (Å²) in [5.74, 6) is -0.894. The summed E-state index contributed by atoms with van der Waals surface area (Å²) >= 11 is 12.7. The summed E-state index contributed by atoms with van der Waals surface area (Å²) in [5, 5.41) is 3.41. The zero-order valence-corrected chi connectivity index (χ0v) is 26.9. The standard InChI is InChI=1S/C34H35Cl2N3O4S/c1-3-25(2)37-34(41)32(21-26-13-7-4-8-14-26)38(23-27-15-9-5-10-16-27)33(40)24-39(31-20-19-28(35)22-30(31)36)44(42,43)29-17-11-6-12-18-29/h4-20,22,25,32H,3,21,23-24H2,1-2H3,(H,37,41). The number of carbonyl (C=O) groups excluding carboxylic acids is 2. The molecule has 2 unspecified atom stereocenters. The summed E-state index contributed by atoms with van der Waals surface area (Å²) in [6, 6.07) is 29.9. The van der Waals surface area contributed by atoms with Crippen molar-refractivity contribution in [1.29, 1.82) is 0 Å². The molecule has 1 N–H and O–H groups in total. The fourth-order valence-electron chi connectivity index (χ4n) is 4.69. The second-order valence-electron chi connectivity index (χ2n) is 10.5. The molecule has 0 radical (unpaired) electrons. The van der Waals surface area contributed by atoms with Crippen LogP contribution in [0.25, 0.3) is 0 Å². The van der Waals surface area contributed by atoms with Gasteiger partial charge < -0.3 is 10.2 Å². The fraction of sp³-hybridized carbons (Fsp3) is 0.235. The largest absolute Gasteiger partial charge is 0.352 e. The Labute approximate surface area is 269 Å². The number of halogens is 2. The first-order valence-electron chi connectivity index (χ1n) is 14.3. The van der Waals surface area contributed by atoms with E-state index in [0.717, 1.165) is 15.4 Å². The molecule has 4 rings (SSSR count). The van der Waals surface area contributed by atoms with Crippen LogP contribution in [-0.4, -0.2) is 43.8 Å². The van der Waals surface area contributed by atoms with Gasteiger partial charge in [-0.1, -0.05) is 109 Å². The predicted molar refractivity (Wildman–Crippen MR) is 176 cm³/mol. The van der Waals surface area contributed by atoms with Crippen LogP contribution in [-0.2, 0) is 32.6 Å². The number of amides is 2. The van der Waals surface area contributed by atoms with Gasteiger partial charge in [-0.2, -0.15) is 0 Å². The first-order chi connectivity index (χ1) is 21.1. The van der Waals surface area contributed by atoms with E-state index in [9.17, 15) is 18.0 Å². The third-order valence-corrected chi connectivity index (χ3v) is 9.57. The summed E-state index contributed by atoms with van der Waals surface area (Å²) in [5.41, 5.74) is 1.74. The van der Waals surface area contributed by atoms with Crippen LogP contribution in [0.5, 0.6) is 0 Å².